The minimum Gasteiger partial charge on any atom is -0.462 e. The Morgan fingerprint density at radius 2 is 0.500 bits per heavy atom. The Hall–Kier alpha value is -3.41. The Kier molecular flexibility index (Phi) is 63.2. The van der Waals surface area contributed by atoms with Gasteiger partial charge in [0, 0.05) is 19.3 Å². The SMILES string of the molecule is CC/C=C\C/C=C\C/C=C\C/C=C\C/C=C\CCCCCCCCCCCC(=O)OCC(COC(=O)CCCCCCC/C=C\C/C=C\CCCCCC)OC(=O)CCCCCCCCCCCCCCCCCCCCC. The van der Waals surface area contributed by atoms with E-state index in [9.17, 15) is 14.4 Å². The minimum atomic E-state index is -0.785. The summed E-state index contributed by atoms with van der Waals surface area (Å²) < 4.78 is 17.0. The van der Waals surface area contributed by atoms with E-state index in [0.717, 1.165) is 116 Å². The van der Waals surface area contributed by atoms with Crippen molar-refractivity contribution in [3.63, 3.8) is 0 Å². The number of ether oxygens (including phenoxy) is 3. The molecule has 0 rings (SSSR count). The van der Waals surface area contributed by atoms with Gasteiger partial charge in [-0.05, 0) is 96.3 Å². The normalized spacial score (nSPS) is 12.6. The van der Waals surface area contributed by atoms with Gasteiger partial charge in [-0.15, -0.1) is 0 Å². The molecule has 0 radical (unpaired) electrons. The molecule has 0 aromatic carbocycles. The van der Waals surface area contributed by atoms with Gasteiger partial charge in [0.15, 0.2) is 6.10 Å². The number of carbonyl (C=O) groups excluding carboxylic acids is 3. The van der Waals surface area contributed by atoms with Gasteiger partial charge in [0.1, 0.15) is 13.2 Å². The highest BCUT2D eigenvalue weighted by Gasteiger charge is 2.19. The number of hydrogen-bond donors (Lipinski definition) is 0. The molecule has 0 N–H and O–H groups in total. The van der Waals surface area contributed by atoms with Crippen molar-refractivity contribution in [3.8, 4) is 0 Å². The molecule has 0 aromatic rings. The van der Waals surface area contributed by atoms with Crippen LogP contribution in [0.15, 0.2) is 85.1 Å². The molecule has 0 aromatic heterocycles. The molecule has 6 nitrogen and oxygen atoms in total. The summed E-state index contributed by atoms with van der Waals surface area (Å²) in [5.41, 5.74) is 0. The summed E-state index contributed by atoms with van der Waals surface area (Å²) in [6, 6.07) is 0. The largest absolute Gasteiger partial charge is 0.462 e. The highest BCUT2D eigenvalue weighted by Crippen LogP contribution is 2.17. The topological polar surface area (TPSA) is 78.9 Å². The molecule has 0 heterocycles. The second-order valence-electron chi connectivity index (χ2n) is 22.4. The van der Waals surface area contributed by atoms with Crippen LogP contribution in [0.3, 0.4) is 0 Å². The quantitative estimate of drug-likeness (QED) is 0.0261. The fourth-order valence-corrected chi connectivity index (χ4v) is 9.62. The fraction of sp³-hybridized carbons (Fsp3) is 0.764. The molecule has 0 saturated carbocycles. The number of unbranched alkanes of at least 4 members (excludes halogenated alkanes) is 36. The summed E-state index contributed by atoms with van der Waals surface area (Å²) >= 11 is 0. The molecule has 0 bridgehead atoms. The van der Waals surface area contributed by atoms with E-state index in [1.807, 2.05) is 0 Å². The van der Waals surface area contributed by atoms with Crippen molar-refractivity contribution < 1.29 is 28.6 Å². The van der Waals surface area contributed by atoms with Crippen molar-refractivity contribution in [1.82, 2.24) is 0 Å². The lowest BCUT2D eigenvalue weighted by molar-refractivity contribution is -0.167. The number of rotatable bonds is 61. The van der Waals surface area contributed by atoms with Crippen LogP contribution in [0.1, 0.15) is 335 Å². The lowest BCUT2D eigenvalue weighted by atomic mass is 10.0. The van der Waals surface area contributed by atoms with Crippen molar-refractivity contribution in [2.75, 3.05) is 13.2 Å². The van der Waals surface area contributed by atoms with Crippen molar-refractivity contribution in [2.45, 2.75) is 341 Å². The van der Waals surface area contributed by atoms with Crippen LogP contribution in [0.25, 0.3) is 0 Å². The first-order valence-electron chi connectivity index (χ1n) is 33.6. The smallest absolute Gasteiger partial charge is 0.306 e. The number of carbonyl (C=O) groups is 3. The van der Waals surface area contributed by atoms with Crippen LogP contribution in [0, 0.1) is 0 Å². The summed E-state index contributed by atoms with van der Waals surface area (Å²) in [4.78, 5) is 38.4. The van der Waals surface area contributed by atoms with Crippen molar-refractivity contribution in [3.05, 3.63) is 85.1 Å². The van der Waals surface area contributed by atoms with E-state index in [1.165, 1.54) is 180 Å². The number of hydrogen-bond acceptors (Lipinski definition) is 6. The molecule has 0 fully saturated rings. The van der Waals surface area contributed by atoms with Crippen molar-refractivity contribution >= 4 is 17.9 Å². The second kappa shape index (κ2) is 66.1. The van der Waals surface area contributed by atoms with Gasteiger partial charge in [-0.3, -0.25) is 14.4 Å². The fourth-order valence-electron chi connectivity index (χ4n) is 9.62. The van der Waals surface area contributed by atoms with Gasteiger partial charge in [-0.2, -0.15) is 0 Å². The minimum absolute atomic E-state index is 0.0814. The molecular weight excluding hydrogens is 961 g/mol. The highest BCUT2D eigenvalue weighted by molar-refractivity contribution is 5.71. The van der Waals surface area contributed by atoms with Crippen LogP contribution in [-0.2, 0) is 28.6 Å². The zero-order valence-corrected chi connectivity index (χ0v) is 51.7. The molecule has 0 spiro atoms. The summed E-state index contributed by atoms with van der Waals surface area (Å²) in [6.45, 7) is 6.54. The molecule has 0 amide bonds. The maximum atomic E-state index is 12.9. The molecule has 1 unspecified atom stereocenters. The zero-order chi connectivity index (χ0) is 56.4. The van der Waals surface area contributed by atoms with Gasteiger partial charge in [0.25, 0.3) is 0 Å². The monoisotopic (exact) mass is 1090 g/mol. The third kappa shape index (κ3) is 63.4. The van der Waals surface area contributed by atoms with Gasteiger partial charge in [0.05, 0.1) is 0 Å². The molecule has 0 saturated heterocycles. The lowest BCUT2D eigenvalue weighted by Crippen LogP contribution is -2.30. The number of esters is 3. The maximum absolute atomic E-state index is 12.9. The first-order chi connectivity index (χ1) is 38.5. The third-order valence-electron chi connectivity index (χ3n) is 14.6. The van der Waals surface area contributed by atoms with Gasteiger partial charge in [-0.25, -0.2) is 0 Å². The summed E-state index contributed by atoms with van der Waals surface area (Å²) in [5, 5.41) is 0. The molecule has 0 aliphatic heterocycles. The average molecular weight is 1090 g/mol. The molecule has 0 aliphatic rings. The van der Waals surface area contributed by atoms with E-state index in [-0.39, 0.29) is 31.1 Å². The number of allylic oxidation sites excluding steroid dienone is 14. The molecule has 78 heavy (non-hydrogen) atoms. The van der Waals surface area contributed by atoms with Crippen LogP contribution >= 0.6 is 0 Å². The Morgan fingerprint density at radius 1 is 0.269 bits per heavy atom. The first kappa shape index (κ1) is 74.6. The zero-order valence-electron chi connectivity index (χ0n) is 51.7. The van der Waals surface area contributed by atoms with Gasteiger partial charge in [0.2, 0.25) is 0 Å². The first-order valence-corrected chi connectivity index (χ1v) is 33.6. The Balaban J connectivity index is 4.36. The molecule has 1 atom stereocenters. The molecular formula is C72H126O6. The lowest BCUT2D eigenvalue weighted by Gasteiger charge is -2.18. The summed E-state index contributed by atoms with van der Waals surface area (Å²) in [6.07, 6.45) is 87.3. The predicted molar refractivity (Wildman–Crippen MR) is 339 cm³/mol. The Labute approximate surface area is 484 Å². The van der Waals surface area contributed by atoms with E-state index in [1.54, 1.807) is 0 Å². The summed E-state index contributed by atoms with van der Waals surface area (Å²) in [5.74, 6) is -0.883. The second-order valence-corrected chi connectivity index (χ2v) is 22.4. The van der Waals surface area contributed by atoms with Crippen molar-refractivity contribution in [1.29, 1.82) is 0 Å². The van der Waals surface area contributed by atoms with E-state index in [2.05, 4.69) is 106 Å². The Bertz CT molecular complexity index is 1480. The van der Waals surface area contributed by atoms with Gasteiger partial charge in [-0.1, -0.05) is 305 Å². The van der Waals surface area contributed by atoms with E-state index in [4.69, 9.17) is 14.2 Å². The molecule has 450 valence electrons. The third-order valence-corrected chi connectivity index (χ3v) is 14.6. The molecule has 6 heteroatoms. The van der Waals surface area contributed by atoms with E-state index < -0.39 is 6.10 Å². The van der Waals surface area contributed by atoms with Crippen molar-refractivity contribution in [2.24, 2.45) is 0 Å². The Morgan fingerprint density at radius 3 is 0.795 bits per heavy atom. The van der Waals surface area contributed by atoms with Crippen LogP contribution in [-0.4, -0.2) is 37.2 Å². The van der Waals surface area contributed by atoms with Gasteiger partial charge >= 0.3 is 17.9 Å². The average Bonchev–Trinajstić information content (AvgIpc) is 3.44. The summed E-state index contributed by atoms with van der Waals surface area (Å²) in [7, 11) is 0. The van der Waals surface area contributed by atoms with E-state index in [0.29, 0.717) is 19.3 Å². The molecule has 0 aliphatic carbocycles. The van der Waals surface area contributed by atoms with Crippen LogP contribution in [0.4, 0.5) is 0 Å². The predicted octanol–water partition coefficient (Wildman–Crippen LogP) is 23.1. The standard InChI is InChI=1S/C72H126O6/c1-4-7-10-13-16-19-22-25-28-31-33-34-35-36-37-38-40-41-44-47-50-53-56-59-62-65-71(74)77-68-69(67-76-70(73)64-61-58-55-52-49-46-43-30-27-24-21-18-15-12-9-6-3)78-72(75)66-63-60-57-54-51-48-45-42-39-32-29-26-23-20-17-14-11-8-5-2/h7,10,16,19,21,24-25,28,30,33-34,36-37,43,69H,4-6,8-9,11-15,17-18,20,22-23,26-27,29,31-32,35,38-42,44-68H2,1-3H3/b10-7-,19-16-,24-21-,28-25-,34-33-,37-36-,43-30-. The van der Waals surface area contributed by atoms with Crippen LogP contribution in [0.5, 0.6) is 0 Å². The van der Waals surface area contributed by atoms with Gasteiger partial charge < -0.3 is 14.2 Å². The van der Waals surface area contributed by atoms with E-state index >= 15 is 0 Å². The maximum Gasteiger partial charge on any atom is 0.306 e. The van der Waals surface area contributed by atoms with Crippen LogP contribution < -0.4 is 0 Å². The highest BCUT2D eigenvalue weighted by atomic mass is 16.6. The van der Waals surface area contributed by atoms with Crippen LogP contribution in [0.2, 0.25) is 0 Å².